The van der Waals surface area contributed by atoms with E-state index in [1.165, 1.54) is 4.57 Å². The van der Waals surface area contributed by atoms with Gasteiger partial charge in [-0.1, -0.05) is 36.4 Å². The van der Waals surface area contributed by atoms with Crippen LogP contribution in [0.1, 0.15) is 6.42 Å². The number of hydrogen-bond donors (Lipinski definition) is 1. The summed E-state index contributed by atoms with van der Waals surface area (Å²) in [6.07, 6.45) is 6.01. The number of anilines is 1. The minimum Gasteiger partial charge on any atom is -0.379 e. The average molecular weight is 389 g/mol. The number of pyridine rings is 1. The van der Waals surface area contributed by atoms with Crippen LogP contribution in [-0.2, 0) is 6.54 Å². The lowest BCUT2D eigenvalue weighted by Gasteiger charge is -2.15. The zero-order chi connectivity index (χ0) is 20.2. The van der Waals surface area contributed by atoms with Crippen molar-refractivity contribution in [2.45, 2.75) is 13.0 Å². The monoisotopic (exact) mass is 389 g/mol. The molecule has 0 radical (unpaired) electrons. The van der Waals surface area contributed by atoms with Crippen molar-refractivity contribution >= 4 is 22.3 Å². The van der Waals surface area contributed by atoms with Crippen LogP contribution >= 0.6 is 0 Å². The van der Waals surface area contributed by atoms with Crippen molar-refractivity contribution in [3.05, 3.63) is 93.8 Å². The normalized spacial score (nSPS) is 10.9. The summed E-state index contributed by atoms with van der Waals surface area (Å²) in [4.78, 5) is 28.4. The van der Waals surface area contributed by atoms with Gasteiger partial charge < -0.3 is 9.88 Å². The molecule has 8 heteroatoms. The number of rotatable bonds is 7. The second-order valence-corrected chi connectivity index (χ2v) is 6.55. The minimum absolute atomic E-state index is 0.258. The molecule has 0 saturated heterocycles. The van der Waals surface area contributed by atoms with E-state index in [0.29, 0.717) is 23.1 Å². The van der Waals surface area contributed by atoms with E-state index >= 15 is 0 Å². The molecule has 1 N–H and O–H groups in total. The van der Waals surface area contributed by atoms with Crippen LogP contribution in [0, 0.1) is 10.1 Å². The van der Waals surface area contributed by atoms with Crippen LogP contribution in [0.4, 0.5) is 11.4 Å². The summed E-state index contributed by atoms with van der Waals surface area (Å²) in [7, 11) is 0. The van der Waals surface area contributed by atoms with Gasteiger partial charge in [-0.15, -0.1) is 0 Å². The molecule has 0 spiro atoms. The number of benzene rings is 2. The lowest BCUT2D eigenvalue weighted by molar-refractivity contribution is -0.385. The van der Waals surface area contributed by atoms with E-state index in [-0.39, 0.29) is 5.69 Å². The standard InChI is InChI=1S/C21H19N5O3/c27-21-20(26(28)29)19(23-11-6-13-24-14-12-22-15-24)17-9-4-5-10-18(17)25(21)16-7-2-1-3-8-16/h1-5,7-10,12,14-15,23H,6,11,13H2. The highest BCUT2D eigenvalue weighted by molar-refractivity contribution is 5.97. The minimum atomic E-state index is -0.656. The summed E-state index contributed by atoms with van der Waals surface area (Å²) < 4.78 is 3.33. The van der Waals surface area contributed by atoms with Gasteiger partial charge in [-0.25, -0.2) is 4.98 Å². The highest BCUT2D eigenvalue weighted by Gasteiger charge is 2.26. The number of aromatic nitrogens is 3. The second-order valence-electron chi connectivity index (χ2n) is 6.55. The lowest BCUT2D eigenvalue weighted by atomic mass is 10.1. The predicted octanol–water partition coefficient (Wildman–Crippen LogP) is 3.60. The Morgan fingerprint density at radius 3 is 2.55 bits per heavy atom. The summed E-state index contributed by atoms with van der Waals surface area (Å²) in [5, 5.41) is 15.6. The fraction of sp³-hybridized carbons (Fsp3) is 0.143. The number of fused-ring (bicyclic) bond motifs is 1. The third-order valence-electron chi connectivity index (χ3n) is 4.71. The van der Waals surface area contributed by atoms with Crippen LogP contribution in [0.5, 0.6) is 0 Å². The van der Waals surface area contributed by atoms with Crippen LogP contribution in [0.3, 0.4) is 0 Å². The highest BCUT2D eigenvalue weighted by atomic mass is 16.6. The Bertz CT molecular complexity index is 1200. The van der Waals surface area contributed by atoms with Gasteiger partial charge in [-0.05, 0) is 24.6 Å². The molecule has 146 valence electrons. The first-order chi connectivity index (χ1) is 14.2. The van der Waals surface area contributed by atoms with Crippen molar-refractivity contribution in [2.75, 3.05) is 11.9 Å². The summed E-state index contributed by atoms with van der Waals surface area (Å²) in [5.74, 6) is 0. The van der Waals surface area contributed by atoms with Crippen LogP contribution in [0.2, 0.25) is 0 Å². The van der Waals surface area contributed by atoms with E-state index in [0.717, 1.165) is 13.0 Å². The van der Waals surface area contributed by atoms with E-state index in [1.54, 1.807) is 48.9 Å². The van der Waals surface area contributed by atoms with Gasteiger partial charge in [0.05, 0.1) is 16.8 Å². The molecule has 2 heterocycles. The van der Waals surface area contributed by atoms with Gasteiger partial charge in [0, 0.05) is 36.6 Å². The maximum Gasteiger partial charge on any atom is 0.357 e. The van der Waals surface area contributed by atoms with Gasteiger partial charge in [0.15, 0.2) is 0 Å². The molecule has 0 unspecified atom stereocenters. The van der Waals surface area contributed by atoms with E-state index in [4.69, 9.17) is 0 Å². The largest absolute Gasteiger partial charge is 0.379 e. The van der Waals surface area contributed by atoms with Crippen LogP contribution in [-0.4, -0.2) is 25.6 Å². The number of nitro groups is 1. The molecule has 8 nitrogen and oxygen atoms in total. The van der Waals surface area contributed by atoms with Crippen molar-refractivity contribution < 1.29 is 4.92 Å². The molecule has 0 aliphatic carbocycles. The number of para-hydroxylation sites is 2. The lowest BCUT2D eigenvalue weighted by Crippen LogP contribution is -2.24. The topological polar surface area (TPSA) is 95.0 Å². The Morgan fingerprint density at radius 1 is 1.07 bits per heavy atom. The maximum atomic E-state index is 13.1. The van der Waals surface area contributed by atoms with Gasteiger partial charge >= 0.3 is 11.2 Å². The number of imidazole rings is 1. The van der Waals surface area contributed by atoms with E-state index in [9.17, 15) is 14.9 Å². The molecule has 0 fully saturated rings. The fourth-order valence-electron chi connectivity index (χ4n) is 3.41. The quantitative estimate of drug-likeness (QED) is 0.296. The number of aryl methyl sites for hydroxylation is 1. The molecule has 4 rings (SSSR count). The molecule has 0 aliphatic rings. The summed E-state index contributed by atoms with van der Waals surface area (Å²) in [6.45, 7) is 1.21. The predicted molar refractivity (Wildman–Crippen MR) is 112 cm³/mol. The summed E-state index contributed by atoms with van der Waals surface area (Å²) in [5.41, 5.74) is 0.357. The van der Waals surface area contributed by atoms with Crippen LogP contribution in [0.15, 0.2) is 78.1 Å². The third kappa shape index (κ3) is 3.60. The third-order valence-corrected chi connectivity index (χ3v) is 4.71. The molecule has 29 heavy (non-hydrogen) atoms. The van der Waals surface area contributed by atoms with Crippen molar-refractivity contribution in [1.82, 2.24) is 14.1 Å². The van der Waals surface area contributed by atoms with Crippen molar-refractivity contribution in [2.24, 2.45) is 0 Å². The molecule has 4 aromatic rings. The smallest absolute Gasteiger partial charge is 0.357 e. The van der Waals surface area contributed by atoms with Crippen molar-refractivity contribution in [3.63, 3.8) is 0 Å². The van der Waals surface area contributed by atoms with Crippen LogP contribution < -0.4 is 10.9 Å². The molecular weight excluding hydrogens is 370 g/mol. The Morgan fingerprint density at radius 2 is 1.83 bits per heavy atom. The zero-order valence-electron chi connectivity index (χ0n) is 15.6. The number of hydrogen-bond acceptors (Lipinski definition) is 5. The van der Waals surface area contributed by atoms with Crippen molar-refractivity contribution in [3.8, 4) is 5.69 Å². The van der Waals surface area contributed by atoms with E-state index in [1.807, 2.05) is 29.0 Å². The first-order valence-electron chi connectivity index (χ1n) is 9.24. The summed E-state index contributed by atoms with van der Waals surface area (Å²) in [6, 6.07) is 16.2. The van der Waals surface area contributed by atoms with E-state index in [2.05, 4.69) is 10.3 Å². The van der Waals surface area contributed by atoms with Gasteiger partial charge in [0.1, 0.15) is 5.69 Å². The van der Waals surface area contributed by atoms with Gasteiger partial charge in [0.2, 0.25) is 0 Å². The van der Waals surface area contributed by atoms with Crippen LogP contribution in [0.25, 0.3) is 16.6 Å². The van der Waals surface area contributed by atoms with Gasteiger partial charge in [-0.3, -0.25) is 19.5 Å². The van der Waals surface area contributed by atoms with E-state index < -0.39 is 16.2 Å². The van der Waals surface area contributed by atoms with Gasteiger partial charge in [-0.2, -0.15) is 0 Å². The zero-order valence-corrected chi connectivity index (χ0v) is 15.6. The first kappa shape index (κ1) is 18.4. The Labute approximate surface area is 166 Å². The molecule has 0 bridgehead atoms. The average Bonchev–Trinajstić information content (AvgIpc) is 3.25. The highest BCUT2D eigenvalue weighted by Crippen LogP contribution is 2.31. The summed E-state index contributed by atoms with van der Waals surface area (Å²) >= 11 is 0. The first-order valence-corrected chi connectivity index (χ1v) is 9.24. The molecular formula is C21H19N5O3. The molecule has 0 aliphatic heterocycles. The van der Waals surface area contributed by atoms with Crippen molar-refractivity contribution in [1.29, 1.82) is 0 Å². The number of nitrogens with zero attached hydrogens (tertiary/aromatic N) is 4. The Hall–Kier alpha value is -3.94. The SMILES string of the molecule is O=c1c([N+](=O)[O-])c(NCCCn2ccnc2)c2ccccc2n1-c1ccccc1. The molecule has 0 atom stereocenters. The fourth-order valence-corrected chi connectivity index (χ4v) is 3.41. The molecule has 2 aromatic heterocycles. The second kappa shape index (κ2) is 7.97. The number of nitrogens with one attached hydrogen (secondary N) is 1. The maximum absolute atomic E-state index is 13.1. The molecule has 2 aromatic carbocycles. The van der Waals surface area contributed by atoms with Gasteiger partial charge in [0.25, 0.3) is 0 Å². The molecule has 0 amide bonds. The molecule has 0 saturated carbocycles. The Balaban J connectivity index is 1.78. The Kier molecular flexibility index (Phi) is 5.07.